The Kier molecular flexibility index (Phi) is 5.17. The topological polar surface area (TPSA) is 78.5 Å². The summed E-state index contributed by atoms with van der Waals surface area (Å²) < 4.78 is 0. The molecule has 4 amide bonds. The maximum Gasteiger partial charge on any atom is 0.325 e. The third-order valence-corrected chi connectivity index (χ3v) is 5.26. The molecule has 2 aromatic carbocycles. The van der Waals surface area contributed by atoms with E-state index in [-0.39, 0.29) is 6.54 Å². The molecule has 0 unspecified atom stereocenters. The molecule has 146 valence electrons. The first-order valence-corrected chi connectivity index (χ1v) is 9.28. The molecule has 1 heterocycles. The summed E-state index contributed by atoms with van der Waals surface area (Å²) in [5, 5.41) is 5.84. The minimum Gasteiger partial charge on any atom is -0.324 e. The van der Waals surface area contributed by atoms with E-state index in [0.29, 0.717) is 16.3 Å². The third kappa shape index (κ3) is 3.47. The molecule has 0 radical (unpaired) electrons. The van der Waals surface area contributed by atoms with Crippen LogP contribution in [0.1, 0.15) is 29.2 Å². The van der Waals surface area contributed by atoms with Gasteiger partial charge in [0.15, 0.2) is 0 Å². The molecular formula is C21H22ClN3O3. The van der Waals surface area contributed by atoms with Crippen molar-refractivity contribution in [3.63, 3.8) is 0 Å². The molecule has 0 aromatic heterocycles. The van der Waals surface area contributed by atoms with Gasteiger partial charge in [0.2, 0.25) is 5.91 Å². The number of carbonyl (C=O) groups excluding carboxylic acids is 3. The molecule has 0 saturated carbocycles. The summed E-state index contributed by atoms with van der Waals surface area (Å²) in [6.07, 6.45) is 0. The summed E-state index contributed by atoms with van der Waals surface area (Å²) in [4.78, 5) is 38.8. The van der Waals surface area contributed by atoms with Crippen molar-refractivity contribution in [2.75, 3.05) is 11.9 Å². The van der Waals surface area contributed by atoms with Crippen molar-refractivity contribution in [1.82, 2.24) is 10.2 Å². The molecule has 6 nitrogen and oxygen atoms in total. The van der Waals surface area contributed by atoms with Crippen molar-refractivity contribution < 1.29 is 14.4 Å². The number of nitrogens with one attached hydrogen (secondary N) is 2. The highest BCUT2D eigenvalue weighted by Crippen LogP contribution is 2.33. The van der Waals surface area contributed by atoms with Crippen LogP contribution in [0.15, 0.2) is 36.4 Å². The second-order valence-corrected chi connectivity index (χ2v) is 7.66. The molecule has 1 fully saturated rings. The van der Waals surface area contributed by atoms with Gasteiger partial charge >= 0.3 is 6.03 Å². The fraction of sp³-hybridized carbons (Fsp3) is 0.286. The zero-order chi connectivity index (χ0) is 20.6. The van der Waals surface area contributed by atoms with Gasteiger partial charge in [0.05, 0.1) is 0 Å². The summed E-state index contributed by atoms with van der Waals surface area (Å²) >= 11 is 6.21. The number of hydrogen-bond acceptors (Lipinski definition) is 3. The molecule has 2 aromatic rings. The lowest BCUT2D eigenvalue weighted by Crippen LogP contribution is -2.42. The first-order chi connectivity index (χ1) is 13.1. The fourth-order valence-corrected chi connectivity index (χ4v) is 3.91. The summed E-state index contributed by atoms with van der Waals surface area (Å²) in [6.45, 7) is 6.99. The Morgan fingerprint density at radius 1 is 1.14 bits per heavy atom. The lowest BCUT2D eigenvalue weighted by Gasteiger charge is -2.23. The second-order valence-electron chi connectivity index (χ2n) is 7.25. The van der Waals surface area contributed by atoms with E-state index in [1.807, 2.05) is 32.9 Å². The highest BCUT2D eigenvalue weighted by molar-refractivity contribution is 6.32. The molecule has 0 aliphatic carbocycles. The summed E-state index contributed by atoms with van der Waals surface area (Å²) in [6, 6.07) is 10.1. The first-order valence-electron chi connectivity index (χ1n) is 8.90. The number of nitrogens with zero attached hydrogens (tertiary/aromatic N) is 1. The Balaban J connectivity index is 1.80. The van der Waals surface area contributed by atoms with Crippen molar-refractivity contribution in [2.45, 2.75) is 33.2 Å². The monoisotopic (exact) mass is 399 g/mol. The molecule has 0 bridgehead atoms. The van der Waals surface area contributed by atoms with Gasteiger partial charge in [-0.15, -0.1) is 0 Å². The molecule has 7 heteroatoms. The zero-order valence-electron chi connectivity index (χ0n) is 16.2. The Morgan fingerprint density at radius 3 is 2.36 bits per heavy atom. The predicted molar refractivity (Wildman–Crippen MR) is 108 cm³/mol. The molecule has 28 heavy (non-hydrogen) atoms. The van der Waals surface area contributed by atoms with E-state index >= 15 is 0 Å². The number of halogens is 1. The number of carbonyl (C=O) groups is 3. The lowest BCUT2D eigenvalue weighted by atomic mass is 9.92. The van der Waals surface area contributed by atoms with Crippen LogP contribution in [0.5, 0.6) is 0 Å². The minimum atomic E-state index is -1.31. The minimum absolute atomic E-state index is 0.371. The third-order valence-electron chi connectivity index (χ3n) is 4.93. The molecule has 1 saturated heterocycles. The smallest absolute Gasteiger partial charge is 0.324 e. The second kappa shape index (κ2) is 7.28. The van der Waals surface area contributed by atoms with Gasteiger partial charge in [-0.05, 0) is 44.9 Å². The van der Waals surface area contributed by atoms with E-state index < -0.39 is 23.4 Å². The van der Waals surface area contributed by atoms with Crippen LogP contribution in [0.2, 0.25) is 5.02 Å². The van der Waals surface area contributed by atoms with Crippen molar-refractivity contribution in [3.05, 3.63) is 63.7 Å². The quantitative estimate of drug-likeness (QED) is 0.770. The van der Waals surface area contributed by atoms with Crippen molar-refractivity contribution >= 4 is 35.1 Å². The predicted octanol–water partition coefficient (Wildman–Crippen LogP) is 3.67. The van der Waals surface area contributed by atoms with Crippen LogP contribution in [0.25, 0.3) is 0 Å². The molecule has 1 atom stereocenters. The zero-order valence-corrected chi connectivity index (χ0v) is 17.0. The lowest BCUT2D eigenvalue weighted by molar-refractivity contribution is -0.133. The van der Waals surface area contributed by atoms with Crippen LogP contribution in [0, 0.1) is 20.8 Å². The van der Waals surface area contributed by atoms with Gasteiger partial charge in [-0.1, -0.05) is 47.5 Å². The van der Waals surface area contributed by atoms with Crippen molar-refractivity contribution in [2.24, 2.45) is 0 Å². The number of anilines is 1. The maximum atomic E-state index is 13.0. The summed E-state index contributed by atoms with van der Waals surface area (Å²) in [5.74, 6) is -0.958. The van der Waals surface area contributed by atoms with Gasteiger partial charge < -0.3 is 10.6 Å². The Labute approximate surface area is 168 Å². The Morgan fingerprint density at radius 2 is 1.75 bits per heavy atom. The van der Waals surface area contributed by atoms with E-state index in [2.05, 4.69) is 10.6 Å². The van der Waals surface area contributed by atoms with Crippen molar-refractivity contribution in [3.8, 4) is 0 Å². The molecule has 3 rings (SSSR count). The van der Waals surface area contributed by atoms with Crippen LogP contribution < -0.4 is 10.6 Å². The van der Waals surface area contributed by atoms with Crippen LogP contribution in [0.4, 0.5) is 10.5 Å². The molecule has 0 spiro atoms. The summed E-state index contributed by atoms with van der Waals surface area (Å²) in [5.41, 5.74) is 2.80. The highest BCUT2D eigenvalue weighted by atomic mass is 35.5. The van der Waals surface area contributed by atoms with Gasteiger partial charge in [0.1, 0.15) is 12.1 Å². The van der Waals surface area contributed by atoms with E-state index in [9.17, 15) is 14.4 Å². The summed E-state index contributed by atoms with van der Waals surface area (Å²) in [7, 11) is 0. The van der Waals surface area contributed by atoms with E-state index in [4.69, 9.17) is 11.6 Å². The van der Waals surface area contributed by atoms with Gasteiger partial charge in [0.25, 0.3) is 5.91 Å². The van der Waals surface area contributed by atoms with Crippen LogP contribution in [0.3, 0.4) is 0 Å². The van der Waals surface area contributed by atoms with Gasteiger partial charge in [0, 0.05) is 16.3 Å². The van der Waals surface area contributed by atoms with Gasteiger partial charge in [-0.2, -0.15) is 0 Å². The highest BCUT2D eigenvalue weighted by Gasteiger charge is 2.50. The molecule has 2 N–H and O–H groups in total. The first kappa shape index (κ1) is 19.9. The van der Waals surface area contributed by atoms with Crippen molar-refractivity contribution in [1.29, 1.82) is 0 Å². The molecule has 1 aliphatic rings. The fourth-order valence-electron chi connectivity index (χ4n) is 3.59. The van der Waals surface area contributed by atoms with Crippen LogP contribution in [-0.4, -0.2) is 29.3 Å². The number of hydrogen-bond donors (Lipinski definition) is 2. The molecular weight excluding hydrogens is 378 g/mol. The van der Waals surface area contributed by atoms with Crippen LogP contribution >= 0.6 is 11.6 Å². The van der Waals surface area contributed by atoms with E-state index in [1.54, 1.807) is 31.2 Å². The molecule has 1 aliphatic heterocycles. The van der Waals surface area contributed by atoms with E-state index in [1.165, 1.54) is 0 Å². The number of urea groups is 1. The number of benzene rings is 2. The largest absolute Gasteiger partial charge is 0.325 e. The SMILES string of the molecule is Cc1cc(C)c(NC(=O)CN2C(=O)N[C@](C)(c3ccccc3Cl)C2=O)c(C)c1. The number of imide groups is 1. The average molecular weight is 400 g/mol. The van der Waals surface area contributed by atoms with E-state index in [0.717, 1.165) is 21.6 Å². The normalized spacial score (nSPS) is 19.0. The van der Waals surface area contributed by atoms with Crippen LogP contribution in [-0.2, 0) is 15.1 Å². The maximum absolute atomic E-state index is 13.0. The average Bonchev–Trinajstić information content (AvgIpc) is 2.82. The standard InChI is InChI=1S/C21H22ClN3O3/c1-12-9-13(2)18(14(3)10-12)23-17(26)11-25-19(27)21(4,24-20(25)28)15-7-5-6-8-16(15)22/h5-10H,11H2,1-4H3,(H,23,26)(H,24,28)/t21-/m1/s1. The number of aryl methyl sites for hydroxylation is 3. The van der Waals surface area contributed by atoms with Gasteiger partial charge in [-0.3, -0.25) is 14.5 Å². The Hall–Kier alpha value is -2.86. The number of rotatable bonds is 4. The number of amides is 4. The Bertz CT molecular complexity index is 966. The van der Waals surface area contributed by atoms with Gasteiger partial charge in [-0.25, -0.2) is 4.79 Å².